The first-order chi connectivity index (χ1) is 5.29. The monoisotopic (exact) mass is 246 g/mol. The highest BCUT2D eigenvalue weighted by Crippen LogP contribution is 2.26. The summed E-state index contributed by atoms with van der Waals surface area (Å²) in [5.41, 5.74) is 0.942. The van der Waals surface area contributed by atoms with Crippen molar-refractivity contribution in [2.45, 2.75) is 7.43 Å². The van der Waals surface area contributed by atoms with Crippen molar-refractivity contribution in [2.75, 3.05) is 0 Å². The van der Waals surface area contributed by atoms with Gasteiger partial charge < -0.3 is 4.98 Å². The highest BCUT2D eigenvalue weighted by molar-refractivity contribution is 9.10. The SMILES string of the molecule is C.Clc1cnc(Br)c2[nH]ccc12. The fraction of sp³-hybridized carbons (Fsp3) is 0.125. The molecule has 0 bridgehead atoms. The van der Waals surface area contributed by atoms with Crippen molar-refractivity contribution in [1.29, 1.82) is 0 Å². The third-order valence-corrected chi connectivity index (χ3v) is 2.40. The Balaban J connectivity index is 0.000000720. The number of halogens is 2. The molecule has 0 saturated heterocycles. The molecule has 2 aromatic heterocycles. The lowest BCUT2D eigenvalue weighted by Gasteiger charge is -1.94. The molecule has 0 aromatic carbocycles. The zero-order valence-electron chi connectivity index (χ0n) is 5.44. The second-order valence-electron chi connectivity index (χ2n) is 2.16. The van der Waals surface area contributed by atoms with Gasteiger partial charge in [-0.05, 0) is 22.0 Å². The Bertz CT molecular complexity index is 361. The first-order valence-electron chi connectivity index (χ1n) is 3.06. The largest absolute Gasteiger partial charge is 0.359 e. The van der Waals surface area contributed by atoms with E-state index < -0.39 is 0 Å². The van der Waals surface area contributed by atoms with Crippen LogP contribution in [-0.2, 0) is 0 Å². The molecular weight excluding hydrogens is 239 g/mol. The summed E-state index contributed by atoms with van der Waals surface area (Å²) in [4.78, 5) is 7.07. The van der Waals surface area contributed by atoms with Gasteiger partial charge >= 0.3 is 0 Å². The molecule has 0 atom stereocenters. The van der Waals surface area contributed by atoms with Gasteiger partial charge in [-0.2, -0.15) is 0 Å². The number of nitrogens with zero attached hydrogens (tertiary/aromatic N) is 1. The number of aromatic amines is 1. The fourth-order valence-electron chi connectivity index (χ4n) is 0.987. The van der Waals surface area contributed by atoms with Gasteiger partial charge in [0.1, 0.15) is 4.60 Å². The summed E-state index contributed by atoms with van der Waals surface area (Å²) in [5, 5.41) is 1.66. The second kappa shape index (κ2) is 3.46. The number of fused-ring (bicyclic) bond motifs is 1. The van der Waals surface area contributed by atoms with E-state index in [1.807, 2.05) is 12.3 Å². The lowest BCUT2D eigenvalue weighted by molar-refractivity contribution is 1.29. The van der Waals surface area contributed by atoms with E-state index in [1.54, 1.807) is 6.20 Å². The van der Waals surface area contributed by atoms with Crippen LogP contribution in [0, 0.1) is 0 Å². The van der Waals surface area contributed by atoms with Gasteiger partial charge in [0.05, 0.1) is 10.5 Å². The van der Waals surface area contributed by atoms with E-state index in [9.17, 15) is 0 Å². The molecule has 0 aliphatic carbocycles. The summed E-state index contributed by atoms with van der Waals surface area (Å²) in [6.45, 7) is 0. The molecule has 0 fully saturated rings. The molecule has 2 aromatic rings. The molecular formula is C8H8BrClN2. The summed E-state index contributed by atoms with van der Waals surface area (Å²) in [7, 11) is 0. The highest BCUT2D eigenvalue weighted by atomic mass is 79.9. The number of H-pyrrole nitrogens is 1. The van der Waals surface area contributed by atoms with E-state index in [4.69, 9.17) is 11.6 Å². The molecule has 64 valence electrons. The van der Waals surface area contributed by atoms with Crippen molar-refractivity contribution in [2.24, 2.45) is 0 Å². The normalized spacial score (nSPS) is 9.83. The Morgan fingerprint density at radius 2 is 2.25 bits per heavy atom. The van der Waals surface area contributed by atoms with Gasteiger partial charge in [0, 0.05) is 17.8 Å². The van der Waals surface area contributed by atoms with Crippen LogP contribution in [0.15, 0.2) is 23.1 Å². The maximum absolute atomic E-state index is 5.87. The average molecular weight is 248 g/mol. The first kappa shape index (κ1) is 9.55. The Hall–Kier alpha value is -0.540. The zero-order chi connectivity index (χ0) is 7.84. The van der Waals surface area contributed by atoms with Crippen molar-refractivity contribution in [3.8, 4) is 0 Å². The van der Waals surface area contributed by atoms with E-state index in [0.29, 0.717) is 5.02 Å². The van der Waals surface area contributed by atoms with Crippen LogP contribution in [0.2, 0.25) is 5.02 Å². The van der Waals surface area contributed by atoms with E-state index in [0.717, 1.165) is 15.5 Å². The van der Waals surface area contributed by atoms with Crippen LogP contribution in [0.4, 0.5) is 0 Å². The topological polar surface area (TPSA) is 28.7 Å². The highest BCUT2D eigenvalue weighted by Gasteiger charge is 2.03. The molecule has 0 aliphatic rings. The zero-order valence-corrected chi connectivity index (χ0v) is 7.78. The van der Waals surface area contributed by atoms with Crippen molar-refractivity contribution < 1.29 is 0 Å². The van der Waals surface area contributed by atoms with E-state index >= 15 is 0 Å². The van der Waals surface area contributed by atoms with Gasteiger partial charge in [-0.1, -0.05) is 19.0 Å². The quantitative estimate of drug-likeness (QED) is 0.708. The summed E-state index contributed by atoms with van der Waals surface area (Å²) in [6.07, 6.45) is 3.46. The molecule has 0 unspecified atom stereocenters. The summed E-state index contributed by atoms with van der Waals surface area (Å²) in [5.74, 6) is 0. The van der Waals surface area contributed by atoms with Crippen LogP contribution in [0.5, 0.6) is 0 Å². The first-order valence-corrected chi connectivity index (χ1v) is 4.23. The molecule has 0 radical (unpaired) electrons. The Labute approximate surface area is 84.1 Å². The average Bonchev–Trinajstić information content (AvgIpc) is 2.45. The van der Waals surface area contributed by atoms with Gasteiger partial charge in [0.15, 0.2) is 0 Å². The van der Waals surface area contributed by atoms with E-state index in [1.165, 1.54) is 0 Å². The van der Waals surface area contributed by atoms with Crippen LogP contribution in [-0.4, -0.2) is 9.97 Å². The van der Waals surface area contributed by atoms with Gasteiger partial charge in [-0.3, -0.25) is 0 Å². The molecule has 2 nitrogen and oxygen atoms in total. The molecule has 12 heavy (non-hydrogen) atoms. The van der Waals surface area contributed by atoms with Crippen LogP contribution in [0.25, 0.3) is 10.9 Å². The van der Waals surface area contributed by atoms with Gasteiger partial charge in [0.25, 0.3) is 0 Å². The minimum Gasteiger partial charge on any atom is -0.359 e. The predicted octanol–water partition coefficient (Wildman–Crippen LogP) is 3.61. The summed E-state index contributed by atoms with van der Waals surface area (Å²) in [6, 6.07) is 1.92. The molecule has 0 aliphatic heterocycles. The molecule has 4 heteroatoms. The molecule has 2 heterocycles. The van der Waals surface area contributed by atoms with Gasteiger partial charge in [0.2, 0.25) is 0 Å². The maximum atomic E-state index is 5.87. The molecule has 0 amide bonds. The van der Waals surface area contributed by atoms with Crippen LogP contribution < -0.4 is 0 Å². The predicted molar refractivity (Wildman–Crippen MR) is 55.5 cm³/mol. The molecule has 0 saturated carbocycles. The van der Waals surface area contributed by atoms with Crippen molar-refractivity contribution >= 4 is 38.4 Å². The molecule has 1 N–H and O–H groups in total. The summed E-state index contributed by atoms with van der Waals surface area (Å²) < 4.78 is 0.793. The lowest BCUT2D eigenvalue weighted by Crippen LogP contribution is -1.77. The van der Waals surface area contributed by atoms with E-state index in [-0.39, 0.29) is 7.43 Å². The van der Waals surface area contributed by atoms with Crippen molar-refractivity contribution in [3.05, 3.63) is 28.1 Å². The summed E-state index contributed by atoms with van der Waals surface area (Å²) >= 11 is 9.18. The smallest absolute Gasteiger partial charge is 0.130 e. The lowest BCUT2D eigenvalue weighted by atomic mass is 10.3. The third-order valence-electron chi connectivity index (χ3n) is 1.50. The van der Waals surface area contributed by atoms with Crippen LogP contribution in [0.1, 0.15) is 7.43 Å². The second-order valence-corrected chi connectivity index (χ2v) is 3.32. The number of hydrogen-bond acceptors (Lipinski definition) is 1. The number of hydrogen-bond donors (Lipinski definition) is 1. The van der Waals surface area contributed by atoms with E-state index in [2.05, 4.69) is 25.9 Å². The fourth-order valence-corrected chi connectivity index (χ4v) is 1.62. The van der Waals surface area contributed by atoms with Crippen LogP contribution in [0.3, 0.4) is 0 Å². The van der Waals surface area contributed by atoms with Crippen molar-refractivity contribution in [3.63, 3.8) is 0 Å². The third kappa shape index (κ3) is 1.34. The molecule has 0 spiro atoms. The van der Waals surface area contributed by atoms with Gasteiger partial charge in [-0.25, -0.2) is 4.98 Å². The van der Waals surface area contributed by atoms with Crippen molar-refractivity contribution in [1.82, 2.24) is 9.97 Å². The number of nitrogens with one attached hydrogen (secondary N) is 1. The minimum absolute atomic E-state index is 0. The molecule has 2 rings (SSSR count). The minimum atomic E-state index is 0. The standard InChI is InChI=1S/C7H4BrClN2.CH4/c8-7-6-4(1-2-10-6)5(9)3-11-7;/h1-3,10H;1H4. The number of aromatic nitrogens is 2. The van der Waals surface area contributed by atoms with Crippen LogP contribution >= 0.6 is 27.5 Å². The Kier molecular flexibility index (Phi) is 2.75. The number of rotatable bonds is 0. The Morgan fingerprint density at radius 1 is 1.50 bits per heavy atom. The van der Waals surface area contributed by atoms with Gasteiger partial charge in [-0.15, -0.1) is 0 Å². The number of pyridine rings is 1. The maximum Gasteiger partial charge on any atom is 0.130 e. The Morgan fingerprint density at radius 3 is 2.92 bits per heavy atom.